The van der Waals surface area contributed by atoms with Gasteiger partial charge < -0.3 is 14.2 Å². The third-order valence-electron chi connectivity index (χ3n) is 12.4. The maximum atomic E-state index is 12.9. The van der Waals surface area contributed by atoms with Gasteiger partial charge in [0.15, 0.2) is 6.10 Å². The van der Waals surface area contributed by atoms with Gasteiger partial charge in [-0.1, -0.05) is 254 Å². The molecule has 0 aliphatic heterocycles. The SMILES string of the molecule is CC/C=C\C/C=C\C/C=C\C/C=C\C/C=C\CCCC(=O)OC[C@@H](COC(=O)CCCCCCC/C=C\CCCCCCCCC)OC(=O)CCCCCCCCCCCCCCCCCCC. The molecule has 0 N–H and O–H groups in total. The maximum absolute atomic E-state index is 12.9. The average molecular weight is 950 g/mol. The molecule has 68 heavy (non-hydrogen) atoms. The minimum absolute atomic E-state index is 0.0951. The Kier molecular flexibility index (Phi) is 53.8. The topological polar surface area (TPSA) is 78.9 Å². The molecule has 0 aromatic carbocycles. The molecule has 0 saturated heterocycles. The van der Waals surface area contributed by atoms with Crippen molar-refractivity contribution in [1.82, 2.24) is 0 Å². The molecule has 0 bridgehead atoms. The van der Waals surface area contributed by atoms with Crippen molar-refractivity contribution in [2.45, 2.75) is 290 Å². The summed E-state index contributed by atoms with van der Waals surface area (Å²) in [7, 11) is 0. The molecule has 392 valence electrons. The molecule has 0 aromatic rings. The van der Waals surface area contributed by atoms with Crippen LogP contribution in [0.5, 0.6) is 0 Å². The van der Waals surface area contributed by atoms with Gasteiger partial charge in [0, 0.05) is 19.3 Å². The fraction of sp³-hybridized carbons (Fsp3) is 0.758. The van der Waals surface area contributed by atoms with Crippen molar-refractivity contribution < 1.29 is 28.6 Å². The van der Waals surface area contributed by atoms with E-state index in [0.29, 0.717) is 19.3 Å². The zero-order valence-electron chi connectivity index (χ0n) is 44.9. The summed E-state index contributed by atoms with van der Waals surface area (Å²) >= 11 is 0. The molecule has 0 aromatic heterocycles. The Morgan fingerprint density at radius 2 is 0.588 bits per heavy atom. The summed E-state index contributed by atoms with van der Waals surface area (Å²) in [5, 5.41) is 0. The van der Waals surface area contributed by atoms with E-state index in [-0.39, 0.29) is 37.5 Å². The van der Waals surface area contributed by atoms with E-state index in [9.17, 15) is 14.4 Å². The smallest absolute Gasteiger partial charge is 0.306 e. The molecule has 0 spiro atoms. The van der Waals surface area contributed by atoms with Crippen LogP contribution in [-0.4, -0.2) is 37.2 Å². The molecule has 0 heterocycles. The van der Waals surface area contributed by atoms with Crippen LogP contribution in [-0.2, 0) is 28.6 Å². The molecular weight excluding hydrogens is 841 g/mol. The van der Waals surface area contributed by atoms with Crippen molar-refractivity contribution in [2.75, 3.05) is 13.2 Å². The monoisotopic (exact) mass is 949 g/mol. The van der Waals surface area contributed by atoms with Crippen molar-refractivity contribution in [3.05, 3.63) is 72.9 Å². The van der Waals surface area contributed by atoms with E-state index >= 15 is 0 Å². The van der Waals surface area contributed by atoms with Crippen LogP contribution >= 0.6 is 0 Å². The van der Waals surface area contributed by atoms with Crippen LogP contribution in [0, 0.1) is 0 Å². The van der Waals surface area contributed by atoms with E-state index in [2.05, 4.69) is 93.7 Å². The highest BCUT2D eigenvalue weighted by Crippen LogP contribution is 2.16. The quantitative estimate of drug-likeness (QED) is 0.0262. The van der Waals surface area contributed by atoms with Crippen molar-refractivity contribution in [1.29, 1.82) is 0 Å². The lowest BCUT2D eigenvalue weighted by Crippen LogP contribution is -2.30. The molecule has 1 atom stereocenters. The zero-order valence-corrected chi connectivity index (χ0v) is 44.9. The van der Waals surface area contributed by atoms with E-state index in [1.165, 1.54) is 154 Å². The molecular formula is C62H108O6. The van der Waals surface area contributed by atoms with Crippen LogP contribution in [0.2, 0.25) is 0 Å². The Hall–Kier alpha value is -3.15. The summed E-state index contributed by atoms with van der Waals surface area (Å²) in [6.45, 7) is 6.50. The molecule has 0 saturated carbocycles. The largest absolute Gasteiger partial charge is 0.462 e. The Morgan fingerprint density at radius 3 is 0.971 bits per heavy atom. The molecule has 0 amide bonds. The number of hydrogen-bond donors (Lipinski definition) is 0. The normalized spacial score (nSPS) is 12.6. The fourth-order valence-electron chi connectivity index (χ4n) is 8.12. The second-order valence-electron chi connectivity index (χ2n) is 19.2. The zero-order chi connectivity index (χ0) is 49.3. The van der Waals surface area contributed by atoms with Gasteiger partial charge in [-0.15, -0.1) is 0 Å². The van der Waals surface area contributed by atoms with E-state index in [0.717, 1.165) is 83.5 Å². The highest BCUT2D eigenvalue weighted by molar-refractivity contribution is 5.71. The molecule has 6 heteroatoms. The van der Waals surface area contributed by atoms with Crippen LogP contribution in [0.1, 0.15) is 284 Å². The first kappa shape index (κ1) is 64.8. The molecule has 0 unspecified atom stereocenters. The number of carbonyl (C=O) groups is 3. The predicted octanol–water partition coefficient (Wildman–Crippen LogP) is 19.4. The standard InChI is InChI=1S/C62H108O6/c1-4-7-10-13-16-19-22-25-28-31-34-37-40-43-46-49-52-55-61(64)67-58-59(57-66-60(63)54-51-48-45-42-39-36-33-30-27-24-21-18-15-12-9-6-3)68-62(65)56-53-50-47-44-41-38-35-32-29-26-23-20-17-14-11-8-5-2/h7,10,16,19,25,28,30,33-34,37,43,46,59H,4-6,8-9,11-15,17-18,20-24,26-27,29,31-32,35-36,38-42,44-45,47-58H2,1-3H3/b10-7-,19-16-,28-25-,33-30-,37-34-,46-43-/t59-/m1/s1. The van der Waals surface area contributed by atoms with E-state index in [1.54, 1.807) is 0 Å². The second kappa shape index (κ2) is 56.4. The van der Waals surface area contributed by atoms with Crippen LogP contribution < -0.4 is 0 Å². The lowest BCUT2D eigenvalue weighted by Gasteiger charge is -2.18. The number of esters is 3. The number of unbranched alkanes of at least 4 members (excludes halogenated alkanes) is 29. The van der Waals surface area contributed by atoms with Gasteiger partial charge in [0.25, 0.3) is 0 Å². The van der Waals surface area contributed by atoms with Gasteiger partial charge in [0.1, 0.15) is 13.2 Å². The first-order chi connectivity index (χ1) is 33.5. The van der Waals surface area contributed by atoms with Crippen molar-refractivity contribution in [3.8, 4) is 0 Å². The Labute approximate surface area is 421 Å². The van der Waals surface area contributed by atoms with E-state index < -0.39 is 6.10 Å². The lowest BCUT2D eigenvalue weighted by molar-refractivity contribution is -0.167. The van der Waals surface area contributed by atoms with Gasteiger partial charge in [0.05, 0.1) is 0 Å². The molecule has 0 aliphatic rings. The van der Waals surface area contributed by atoms with E-state index in [4.69, 9.17) is 14.2 Å². The fourth-order valence-corrected chi connectivity index (χ4v) is 8.12. The number of hydrogen-bond acceptors (Lipinski definition) is 6. The van der Waals surface area contributed by atoms with Crippen LogP contribution in [0.3, 0.4) is 0 Å². The number of rotatable bonds is 52. The number of carbonyl (C=O) groups excluding carboxylic acids is 3. The van der Waals surface area contributed by atoms with Gasteiger partial charge in [-0.05, 0) is 83.5 Å². The predicted molar refractivity (Wildman–Crippen MR) is 293 cm³/mol. The summed E-state index contributed by atoms with van der Waals surface area (Å²) in [6, 6.07) is 0. The molecule has 0 fully saturated rings. The third-order valence-corrected chi connectivity index (χ3v) is 12.4. The van der Waals surface area contributed by atoms with E-state index in [1.807, 2.05) is 0 Å². The van der Waals surface area contributed by atoms with Crippen molar-refractivity contribution in [2.24, 2.45) is 0 Å². The van der Waals surface area contributed by atoms with Crippen molar-refractivity contribution >= 4 is 17.9 Å². The van der Waals surface area contributed by atoms with Crippen molar-refractivity contribution in [3.63, 3.8) is 0 Å². The number of ether oxygens (including phenoxy) is 3. The van der Waals surface area contributed by atoms with Gasteiger partial charge in [-0.3, -0.25) is 14.4 Å². The number of allylic oxidation sites excluding steroid dienone is 12. The Bertz CT molecular complexity index is 1270. The van der Waals surface area contributed by atoms with Gasteiger partial charge in [-0.25, -0.2) is 0 Å². The molecule has 6 nitrogen and oxygen atoms in total. The Morgan fingerprint density at radius 1 is 0.309 bits per heavy atom. The molecule has 0 radical (unpaired) electrons. The van der Waals surface area contributed by atoms with Crippen LogP contribution in [0.4, 0.5) is 0 Å². The summed E-state index contributed by atoms with van der Waals surface area (Å²) in [6.07, 6.45) is 71.8. The second-order valence-corrected chi connectivity index (χ2v) is 19.2. The summed E-state index contributed by atoms with van der Waals surface area (Å²) in [4.78, 5) is 38.1. The maximum Gasteiger partial charge on any atom is 0.306 e. The highest BCUT2D eigenvalue weighted by atomic mass is 16.6. The van der Waals surface area contributed by atoms with Crippen LogP contribution in [0.15, 0.2) is 72.9 Å². The molecule has 0 rings (SSSR count). The first-order valence-corrected chi connectivity index (χ1v) is 28.9. The van der Waals surface area contributed by atoms with Crippen LogP contribution in [0.25, 0.3) is 0 Å². The average Bonchev–Trinajstić information content (AvgIpc) is 3.34. The van der Waals surface area contributed by atoms with Gasteiger partial charge in [-0.2, -0.15) is 0 Å². The molecule has 0 aliphatic carbocycles. The minimum atomic E-state index is -0.800. The Balaban J connectivity index is 4.46. The summed E-state index contributed by atoms with van der Waals surface area (Å²) in [5.74, 6) is -0.952. The first-order valence-electron chi connectivity index (χ1n) is 28.9. The summed E-state index contributed by atoms with van der Waals surface area (Å²) in [5.41, 5.74) is 0. The minimum Gasteiger partial charge on any atom is -0.462 e. The van der Waals surface area contributed by atoms with Gasteiger partial charge in [0.2, 0.25) is 0 Å². The summed E-state index contributed by atoms with van der Waals surface area (Å²) < 4.78 is 16.8. The van der Waals surface area contributed by atoms with Gasteiger partial charge >= 0.3 is 17.9 Å². The lowest BCUT2D eigenvalue weighted by atomic mass is 10.0. The third kappa shape index (κ3) is 53.8. The highest BCUT2D eigenvalue weighted by Gasteiger charge is 2.19.